The summed E-state index contributed by atoms with van der Waals surface area (Å²) in [5.41, 5.74) is 2.51. The van der Waals surface area contributed by atoms with Gasteiger partial charge in [0.1, 0.15) is 0 Å². The minimum Gasteiger partial charge on any atom is -0.332 e. The van der Waals surface area contributed by atoms with Gasteiger partial charge in [-0.25, -0.2) is 0 Å². The van der Waals surface area contributed by atoms with E-state index in [9.17, 15) is 9.59 Å². The fraction of sp³-hybridized carbons (Fsp3) is 0.467. The first kappa shape index (κ1) is 12.2. The normalized spacial score (nSPS) is 21.9. The Morgan fingerprint density at radius 1 is 1.37 bits per heavy atom. The zero-order chi connectivity index (χ0) is 13.4. The number of rotatable bonds is 1. The van der Waals surface area contributed by atoms with Gasteiger partial charge in [0, 0.05) is 19.5 Å². The summed E-state index contributed by atoms with van der Waals surface area (Å²) in [6.07, 6.45) is 1.38. The van der Waals surface area contributed by atoms with Crippen LogP contribution in [0.2, 0.25) is 0 Å². The predicted molar refractivity (Wildman–Crippen MR) is 71.5 cm³/mol. The van der Waals surface area contributed by atoms with E-state index >= 15 is 0 Å². The van der Waals surface area contributed by atoms with Crippen molar-refractivity contribution in [3.8, 4) is 0 Å². The van der Waals surface area contributed by atoms with Crippen LogP contribution in [0.3, 0.4) is 0 Å². The van der Waals surface area contributed by atoms with Crippen LogP contribution in [0.25, 0.3) is 0 Å². The number of fused-ring (bicyclic) bond motifs is 3. The van der Waals surface area contributed by atoms with Gasteiger partial charge in [-0.3, -0.25) is 9.59 Å². The van der Waals surface area contributed by atoms with Crippen LogP contribution in [-0.4, -0.2) is 41.2 Å². The Kier molecular flexibility index (Phi) is 3.01. The smallest absolute Gasteiger partial charge is 0.242 e. The molecule has 0 radical (unpaired) electrons. The Morgan fingerprint density at radius 3 is 2.95 bits per heavy atom. The zero-order valence-corrected chi connectivity index (χ0v) is 11.1. The maximum atomic E-state index is 12.2. The van der Waals surface area contributed by atoms with E-state index in [2.05, 4.69) is 12.1 Å². The minimum absolute atomic E-state index is 0.0432. The number of nitrogens with zero attached hydrogens (tertiary/aromatic N) is 2. The Bertz CT molecular complexity index is 527. The van der Waals surface area contributed by atoms with Gasteiger partial charge in [-0.1, -0.05) is 31.2 Å². The van der Waals surface area contributed by atoms with Crippen LogP contribution >= 0.6 is 0 Å². The predicted octanol–water partition coefficient (Wildman–Crippen LogP) is 1.36. The molecule has 2 aliphatic rings. The molecule has 1 fully saturated rings. The molecule has 1 atom stereocenters. The Balaban J connectivity index is 1.93. The Morgan fingerprint density at radius 2 is 2.16 bits per heavy atom. The fourth-order valence-electron chi connectivity index (χ4n) is 3.09. The van der Waals surface area contributed by atoms with Gasteiger partial charge in [-0.05, 0) is 17.5 Å². The number of hydrogen-bond donors (Lipinski definition) is 0. The number of piperazine rings is 1. The van der Waals surface area contributed by atoms with Crippen molar-refractivity contribution in [3.63, 3.8) is 0 Å². The second-order valence-corrected chi connectivity index (χ2v) is 5.18. The monoisotopic (exact) mass is 258 g/mol. The van der Waals surface area contributed by atoms with Crippen LogP contribution in [0.15, 0.2) is 24.3 Å². The van der Waals surface area contributed by atoms with Gasteiger partial charge in [0.15, 0.2) is 0 Å². The van der Waals surface area contributed by atoms with E-state index in [4.69, 9.17) is 0 Å². The van der Waals surface area contributed by atoms with Gasteiger partial charge in [0.2, 0.25) is 11.8 Å². The highest BCUT2D eigenvalue weighted by Gasteiger charge is 2.37. The third kappa shape index (κ3) is 2.01. The Hall–Kier alpha value is -1.84. The van der Waals surface area contributed by atoms with Crippen molar-refractivity contribution in [3.05, 3.63) is 35.4 Å². The van der Waals surface area contributed by atoms with Crippen LogP contribution in [0.4, 0.5) is 0 Å². The maximum absolute atomic E-state index is 12.2. The lowest BCUT2D eigenvalue weighted by Crippen LogP contribution is -2.55. The number of amides is 2. The van der Waals surface area contributed by atoms with Crippen LogP contribution in [-0.2, 0) is 16.0 Å². The molecule has 2 amide bonds. The summed E-state index contributed by atoms with van der Waals surface area (Å²) in [5.74, 6) is 0.142. The largest absolute Gasteiger partial charge is 0.332 e. The summed E-state index contributed by atoms with van der Waals surface area (Å²) in [6, 6.07) is 8.29. The number of benzene rings is 1. The molecule has 0 aliphatic carbocycles. The third-order valence-corrected chi connectivity index (χ3v) is 4.11. The fourth-order valence-corrected chi connectivity index (χ4v) is 3.09. The van der Waals surface area contributed by atoms with Crippen molar-refractivity contribution in [2.45, 2.75) is 25.8 Å². The first-order chi connectivity index (χ1) is 9.20. The molecule has 100 valence electrons. The topological polar surface area (TPSA) is 40.6 Å². The van der Waals surface area contributed by atoms with Crippen LogP contribution in [0.5, 0.6) is 0 Å². The van der Waals surface area contributed by atoms with Crippen molar-refractivity contribution in [1.82, 2.24) is 9.80 Å². The molecular weight excluding hydrogens is 240 g/mol. The Labute approximate surface area is 113 Å². The van der Waals surface area contributed by atoms with E-state index in [1.165, 1.54) is 11.1 Å². The van der Waals surface area contributed by atoms with Gasteiger partial charge in [-0.2, -0.15) is 0 Å². The standard InChI is InChI=1S/C15H18N2O2/c1-2-14(18)16-9-13-12-6-4-3-5-11(12)7-8-17(13)15(19)10-16/h3-6,13H,2,7-10H2,1H3. The molecule has 1 aromatic carbocycles. The second-order valence-electron chi connectivity index (χ2n) is 5.18. The SMILES string of the molecule is CCC(=O)N1CC(=O)N2CCc3ccccc3C2C1. The van der Waals surface area contributed by atoms with Gasteiger partial charge in [0.25, 0.3) is 0 Å². The van der Waals surface area contributed by atoms with Crippen molar-refractivity contribution in [1.29, 1.82) is 0 Å². The van der Waals surface area contributed by atoms with Crippen molar-refractivity contribution >= 4 is 11.8 Å². The van der Waals surface area contributed by atoms with Crippen LogP contribution < -0.4 is 0 Å². The number of hydrogen-bond acceptors (Lipinski definition) is 2. The highest BCUT2D eigenvalue weighted by atomic mass is 16.2. The quantitative estimate of drug-likeness (QED) is 0.763. The van der Waals surface area contributed by atoms with Crippen molar-refractivity contribution < 1.29 is 9.59 Å². The molecule has 2 aliphatic heterocycles. The average Bonchev–Trinajstić information content (AvgIpc) is 2.46. The molecule has 1 unspecified atom stereocenters. The molecule has 3 rings (SSSR count). The van der Waals surface area contributed by atoms with E-state index in [1.54, 1.807) is 4.90 Å². The van der Waals surface area contributed by atoms with E-state index in [0.29, 0.717) is 13.0 Å². The first-order valence-electron chi connectivity index (χ1n) is 6.85. The summed E-state index contributed by atoms with van der Waals surface area (Å²) in [4.78, 5) is 27.7. The third-order valence-electron chi connectivity index (χ3n) is 4.11. The lowest BCUT2D eigenvalue weighted by molar-refractivity contribution is -0.149. The molecule has 0 N–H and O–H groups in total. The van der Waals surface area contributed by atoms with Crippen LogP contribution in [0.1, 0.15) is 30.5 Å². The maximum Gasteiger partial charge on any atom is 0.242 e. The zero-order valence-electron chi connectivity index (χ0n) is 11.1. The van der Waals surface area contributed by atoms with Gasteiger partial charge < -0.3 is 9.80 Å². The molecule has 0 bridgehead atoms. The average molecular weight is 258 g/mol. The molecule has 2 heterocycles. The van der Waals surface area contributed by atoms with Crippen LogP contribution in [0, 0.1) is 0 Å². The second kappa shape index (κ2) is 4.68. The molecule has 4 nitrogen and oxygen atoms in total. The first-order valence-corrected chi connectivity index (χ1v) is 6.85. The van der Waals surface area contributed by atoms with E-state index in [1.807, 2.05) is 24.0 Å². The summed E-state index contributed by atoms with van der Waals surface area (Å²) in [6.45, 7) is 3.49. The number of carbonyl (C=O) groups excluding carboxylic acids is 2. The molecular formula is C15H18N2O2. The molecule has 0 saturated carbocycles. The molecule has 1 aromatic rings. The van der Waals surface area contributed by atoms with Gasteiger partial charge >= 0.3 is 0 Å². The molecule has 0 spiro atoms. The summed E-state index contributed by atoms with van der Waals surface area (Å²) in [7, 11) is 0. The molecule has 4 heteroatoms. The van der Waals surface area contributed by atoms with Gasteiger partial charge in [-0.15, -0.1) is 0 Å². The van der Waals surface area contributed by atoms with E-state index in [0.717, 1.165) is 13.0 Å². The minimum atomic E-state index is 0.0432. The molecule has 0 aromatic heterocycles. The van der Waals surface area contributed by atoms with Crippen molar-refractivity contribution in [2.24, 2.45) is 0 Å². The summed E-state index contributed by atoms with van der Waals surface area (Å²) >= 11 is 0. The summed E-state index contributed by atoms with van der Waals surface area (Å²) < 4.78 is 0. The highest BCUT2D eigenvalue weighted by Crippen LogP contribution is 2.32. The van der Waals surface area contributed by atoms with E-state index in [-0.39, 0.29) is 24.4 Å². The van der Waals surface area contributed by atoms with E-state index < -0.39 is 0 Å². The summed E-state index contributed by atoms with van der Waals surface area (Å²) in [5, 5.41) is 0. The van der Waals surface area contributed by atoms with Crippen molar-refractivity contribution in [2.75, 3.05) is 19.6 Å². The lowest BCUT2D eigenvalue weighted by atomic mass is 9.90. The number of carbonyl (C=O) groups is 2. The lowest BCUT2D eigenvalue weighted by Gasteiger charge is -2.44. The highest BCUT2D eigenvalue weighted by molar-refractivity contribution is 5.86. The molecule has 1 saturated heterocycles. The van der Waals surface area contributed by atoms with Gasteiger partial charge in [0.05, 0.1) is 12.6 Å². The molecule has 19 heavy (non-hydrogen) atoms.